The smallest absolute Gasteiger partial charge is 1.00 e. The van der Waals surface area contributed by atoms with Crippen LogP contribution in [0.5, 0.6) is 0 Å². The summed E-state index contributed by atoms with van der Waals surface area (Å²) < 4.78 is 0. The van der Waals surface area contributed by atoms with Crippen LogP contribution in [0.1, 0.15) is 30.4 Å². The molecule has 17 heavy (non-hydrogen) atoms. The summed E-state index contributed by atoms with van der Waals surface area (Å²) >= 11 is 0. The molecule has 0 nitrogen and oxygen atoms in total. The molecule has 0 amide bonds. The molecule has 0 unspecified atom stereocenters. The standard InChI is InChI=1S/C9H11.C5H5.2ClH.Hf/c1-2-5-9-7-3-6-8(9)4-1;1-2-4-5-3-1;;;/h3,6-7H,1-2,4-5H2;1-3H,4H2;2*1H;/q2*-1;;;+4/p-2. The van der Waals surface area contributed by atoms with E-state index in [4.69, 9.17) is 0 Å². The van der Waals surface area contributed by atoms with E-state index in [0.29, 0.717) is 0 Å². The summed E-state index contributed by atoms with van der Waals surface area (Å²) in [5, 5.41) is 0. The van der Waals surface area contributed by atoms with Crippen molar-refractivity contribution < 1.29 is 50.7 Å². The first-order chi connectivity index (χ1) is 6.97. The van der Waals surface area contributed by atoms with Crippen molar-refractivity contribution in [2.45, 2.75) is 32.1 Å². The first-order valence-electron chi connectivity index (χ1n) is 5.42. The van der Waals surface area contributed by atoms with Gasteiger partial charge in [-0.15, -0.1) is 6.42 Å². The molecule has 0 atom stereocenters. The molecule has 3 heteroatoms. The Balaban J connectivity index is 0. The molecular formula is C14H16Cl2Hf. The molecule has 0 fully saturated rings. The van der Waals surface area contributed by atoms with E-state index < -0.39 is 0 Å². The summed E-state index contributed by atoms with van der Waals surface area (Å²) in [7, 11) is 0. The molecule has 2 aliphatic rings. The van der Waals surface area contributed by atoms with Crippen LogP contribution in [0.25, 0.3) is 0 Å². The van der Waals surface area contributed by atoms with Crippen molar-refractivity contribution in [3.63, 3.8) is 0 Å². The molecule has 3 rings (SSSR count). The zero-order valence-corrected chi connectivity index (χ0v) is 14.9. The summed E-state index contributed by atoms with van der Waals surface area (Å²) in [6, 6.07) is 6.69. The van der Waals surface area contributed by atoms with E-state index >= 15 is 0 Å². The molecule has 0 aliphatic heterocycles. The van der Waals surface area contributed by atoms with Gasteiger partial charge in [0, 0.05) is 0 Å². The number of allylic oxidation sites excluding steroid dienone is 4. The van der Waals surface area contributed by atoms with E-state index in [0.717, 1.165) is 6.42 Å². The Kier molecular flexibility index (Phi) is 13.1. The Morgan fingerprint density at radius 3 is 2.41 bits per heavy atom. The minimum atomic E-state index is 0. The van der Waals surface area contributed by atoms with Gasteiger partial charge in [-0.1, -0.05) is 25.7 Å². The molecule has 0 spiro atoms. The zero-order chi connectivity index (χ0) is 9.64. The fraction of sp³-hybridized carbons (Fsp3) is 0.357. The van der Waals surface area contributed by atoms with E-state index in [-0.39, 0.29) is 50.7 Å². The van der Waals surface area contributed by atoms with E-state index in [2.05, 4.69) is 30.4 Å². The van der Waals surface area contributed by atoms with Gasteiger partial charge in [-0.3, -0.25) is 6.08 Å². The zero-order valence-electron chi connectivity index (χ0n) is 9.76. The summed E-state index contributed by atoms with van der Waals surface area (Å²) in [4.78, 5) is 0. The summed E-state index contributed by atoms with van der Waals surface area (Å²) in [6.07, 6.45) is 15.4. The quantitative estimate of drug-likeness (QED) is 0.316. The number of aryl methyl sites for hydroxylation is 2. The van der Waals surface area contributed by atoms with Gasteiger partial charge < -0.3 is 24.8 Å². The van der Waals surface area contributed by atoms with Gasteiger partial charge in [0.2, 0.25) is 0 Å². The van der Waals surface area contributed by atoms with Crippen molar-refractivity contribution in [1.82, 2.24) is 0 Å². The van der Waals surface area contributed by atoms with Gasteiger partial charge in [0.1, 0.15) is 0 Å². The number of rotatable bonds is 0. The van der Waals surface area contributed by atoms with Crippen LogP contribution in [0.4, 0.5) is 0 Å². The molecule has 1 aromatic carbocycles. The Hall–Kier alpha value is 0.280. The molecule has 0 N–H and O–H groups in total. The third-order valence-electron chi connectivity index (χ3n) is 2.74. The molecule has 0 aromatic heterocycles. The van der Waals surface area contributed by atoms with Gasteiger partial charge in [-0.25, -0.2) is 18.2 Å². The minimum absolute atomic E-state index is 0. The fourth-order valence-corrected chi connectivity index (χ4v) is 1.95. The average molecular weight is 434 g/mol. The maximum Gasteiger partial charge on any atom is 4.00 e. The van der Waals surface area contributed by atoms with E-state index in [9.17, 15) is 0 Å². The maximum atomic E-state index is 2.99. The minimum Gasteiger partial charge on any atom is -1.00 e. The predicted octanol–water partition coefficient (Wildman–Crippen LogP) is -2.40. The van der Waals surface area contributed by atoms with Gasteiger partial charge >= 0.3 is 25.8 Å². The summed E-state index contributed by atoms with van der Waals surface area (Å²) in [6.45, 7) is 0. The normalized spacial score (nSPS) is 14.4. The largest absolute Gasteiger partial charge is 4.00 e. The maximum absolute atomic E-state index is 2.99. The van der Waals surface area contributed by atoms with Crippen molar-refractivity contribution in [2.75, 3.05) is 0 Å². The Bertz CT molecular complexity index is 309. The second-order valence-corrected chi connectivity index (χ2v) is 3.79. The molecule has 90 valence electrons. The van der Waals surface area contributed by atoms with Crippen LogP contribution in [-0.4, -0.2) is 0 Å². The van der Waals surface area contributed by atoms with Crippen LogP contribution >= 0.6 is 0 Å². The van der Waals surface area contributed by atoms with Crippen molar-refractivity contribution in [3.8, 4) is 0 Å². The van der Waals surface area contributed by atoms with Crippen molar-refractivity contribution in [3.05, 3.63) is 53.6 Å². The predicted molar refractivity (Wildman–Crippen MR) is 60.2 cm³/mol. The number of hydrogen-bond acceptors (Lipinski definition) is 0. The Morgan fingerprint density at radius 2 is 1.88 bits per heavy atom. The van der Waals surface area contributed by atoms with Gasteiger partial charge in [-0.2, -0.15) is 29.3 Å². The van der Waals surface area contributed by atoms with Gasteiger partial charge in [0.25, 0.3) is 0 Å². The fourth-order valence-electron chi connectivity index (χ4n) is 1.95. The summed E-state index contributed by atoms with van der Waals surface area (Å²) in [5.41, 5.74) is 3.20. The first-order valence-corrected chi connectivity index (χ1v) is 5.42. The molecule has 0 saturated heterocycles. The van der Waals surface area contributed by atoms with Crippen LogP contribution in [0.15, 0.2) is 36.4 Å². The van der Waals surface area contributed by atoms with Crippen LogP contribution < -0.4 is 24.8 Å². The molecule has 1 aromatic rings. The third kappa shape index (κ3) is 6.69. The monoisotopic (exact) mass is 434 g/mol. The van der Waals surface area contributed by atoms with Crippen LogP contribution in [0.2, 0.25) is 0 Å². The Labute approximate surface area is 136 Å². The average Bonchev–Trinajstić information content (AvgIpc) is 2.92. The van der Waals surface area contributed by atoms with Gasteiger partial charge in [0.15, 0.2) is 0 Å². The SMILES string of the molecule is [C-]1=CC=CC1.[Cl-].[Cl-].[Hf+4].c1cc2c([cH-]1)CCCC2. The number of fused-ring (bicyclic) bond motifs is 1. The van der Waals surface area contributed by atoms with Gasteiger partial charge in [-0.05, 0) is 0 Å². The van der Waals surface area contributed by atoms with Crippen molar-refractivity contribution >= 4 is 0 Å². The molecule has 0 heterocycles. The van der Waals surface area contributed by atoms with Crippen molar-refractivity contribution in [2.24, 2.45) is 0 Å². The second kappa shape index (κ2) is 11.4. The molecule has 0 radical (unpaired) electrons. The van der Waals surface area contributed by atoms with Gasteiger partial charge in [0.05, 0.1) is 0 Å². The number of hydrogen-bond donors (Lipinski definition) is 0. The van der Waals surface area contributed by atoms with Crippen LogP contribution in [-0.2, 0) is 38.7 Å². The molecule has 0 bridgehead atoms. The Morgan fingerprint density at radius 1 is 1.12 bits per heavy atom. The van der Waals surface area contributed by atoms with Crippen molar-refractivity contribution in [1.29, 1.82) is 0 Å². The topological polar surface area (TPSA) is 0 Å². The van der Waals surface area contributed by atoms with Crippen LogP contribution in [0.3, 0.4) is 0 Å². The van der Waals surface area contributed by atoms with E-state index in [1.165, 1.54) is 25.7 Å². The number of halogens is 2. The van der Waals surface area contributed by atoms with Crippen LogP contribution in [0, 0.1) is 6.08 Å². The third-order valence-corrected chi connectivity index (χ3v) is 2.74. The molecule has 2 aliphatic carbocycles. The van der Waals surface area contributed by atoms with E-state index in [1.807, 2.05) is 12.2 Å². The summed E-state index contributed by atoms with van der Waals surface area (Å²) in [5.74, 6) is 0. The molecule has 0 saturated carbocycles. The first kappa shape index (κ1) is 19.6. The van der Waals surface area contributed by atoms with E-state index in [1.54, 1.807) is 11.1 Å². The molecular weight excluding hydrogens is 418 g/mol. The second-order valence-electron chi connectivity index (χ2n) is 3.79.